The van der Waals surface area contributed by atoms with E-state index in [0.717, 1.165) is 27.6 Å². The number of ether oxygens (including phenoxy) is 3. The zero-order valence-electron chi connectivity index (χ0n) is 20.1. The van der Waals surface area contributed by atoms with Gasteiger partial charge in [0.15, 0.2) is 11.5 Å². The molecule has 2 aliphatic rings. The van der Waals surface area contributed by atoms with Gasteiger partial charge in [0.2, 0.25) is 12.7 Å². The summed E-state index contributed by atoms with van der Waals surface area (Å²) in [5, 5.41) is 3.12. The number of fused-ring (bicyclic) bond motifs is 2. The lowest BCUT2D eigenvalue weighted by Crippen LogP contribution is -2.35. The lowest BCUT2D eigenvalue weighted by Gasteiger charge is -2.13. The Balaban J connectivity index is 1.35. The summed E-state index contributed by atoms with van der Waals surface area (Å²) < 4.78 is 17.5. The van der Waals surface area contributed by atoms with Crippen molar-refractivity contribution >= 4 is 57.5 Å². The van der Waals surface area contributed by atoms with Crippen LogP contribution in [0, 0.1) is 0 Å². The first-order valence-electron chi connectivity index (χ1n) is 11.5. The van der Waals surface area contributed by atoms with Gasteiger partial charge in [0.25, 0.3) is 11.1 Å². The van der Waals surface area contributed by atoms with E-state index in [2.05, 4.69) is 5.32 Å². The highest BCUT2D eigenvalue weighted by atomic mass is 32.2. The molecular formula is C26H23N3O7S. The normalized spacial score (nSPS) is 15.8. The Morgan fingerprint density at radius 3 is 2.70 bits per heavy atom. The lowest BCUT2D eigenvalue weighted by atomic mass is 10.1. The Bertz CT molecular complexity index is 1460. The Morgan fingerprint density at radius 1 is 1.11 bits per heavy atom. The molecule has 3 amide bonds. The highest BCUT2D eigenvalue weighted by Gasteiger charge is 2.37. The van der Waals surface area contributed by atoms with E-state index >= 15 is 0 Å². The van der Waals surface area contributed by atoms with Gasteiger partial charge in [-0.2, -0.15) is 0 Å². The second-order valence-electron chi connectivity index (χ2n) is 8.65. The Hall–Kier alpha value is -4.25. The molecule has 37 heavy (non-hydrogen) atoms. The lowest BCUT2D eigenvalue weighted by molar-refractivity contribution is -0.149. The number of hydrogen-bond acceptors (Lipinski definition) is 8. The number of amides is 3. The fourth-order valence-corrected chi connectivity index (χ4v) is 4.89. The zero-order chi connectivity index (χ0) is 26.1. The van der Waals surface area contributed by atoms with Gasteiger partial charge in [-0.15, -0.1) is 0 Å². The molecule has 190 valence electrons. The van der Waals surface area contributed by atoms with Crippen molar-refractivity contribution in [3.05, 3.63) is 59.1 Å². The standard InChI is InChI=1S/C26H23N3O7S/c1-15(2)36-24(31)13-29-25(32)22(37-26(29)33)9-16-11-28(19-6-4-3-5-18(16)19)12-23(30)27-17-7-8-20-21(10-17)35-14-34-20/h3-11,15H,12-14H2,1-2H3,(H,27,30)/b22-9-. The summed E-state index contributed by atoms with van der Waals surface area (Å²) in [7, 11) is 0. The molecule has 10 nitrogen and oxygen atoms in total. The molecule has 0 atom stereocenters. The Kier molecular flexibility index (Phi) is 6.62. The van der Waals surface area contributed by atoms with Crippen LogP contribution in [-0.4, -0.2) is 51.9 Å². The molecule has 5 rings (SSSR count). The summed E-state index contributed by atoms with van der Waals surface area (Å²) in [6.45, 7) is 3.10. The van der Waals surface area contributed by atoms with Gasteiger partial charge in [0, 0.05) is 34.4 Å². The maximum absolute atomic E-state index is 12.9. The van der Waals surface area contributed by atoms with Crippen molar-refractivity contribution in [2.75, 3.05) is 18.7 Å². The second-order valence-corrected chi connectivity index (χ2v) is 9.65. The fraction of sp³-hybridized carbons (Fsp3) is 0.231. The summed E-state index contributed by atoms with van der Waals surface area (Å²) >= 11 is 0.761. The van der Waals surface area contributed by atoms with Gasteiger partial charge in [-0.25, -0.2) is 0 Å². The number of hydrogen-bond donors (Lipinski definition) is 1. The minimum absolute atomic E-state index is 0.0192. The number of benzene rings is 2. The van der Waals surface area contributed by atoms with Crippen molar-refractivity contribution < 1.29 is 33.4 Å². The van der Waals surface area contributed by atoms with E-state index in [1.807, 2.05) is 24.3 Å². The monoisotopic (exact) mass is 521 g/mol. The molecule has 0 unspecified atom stereocenters. The summed E-state index contributed by atoms with van der Waals surface area (Å²) in [6, 6.07) is 12.6. The number of imide groups is 1. The molecule has 0 spiro atoms. The highest BCUT2D eigenvalue weighted by Crippen LogP contribution is 2.35. The smallest absolute Gasteiger partial charge is 0.326 e. The van der Waals surface area contributed by atoms with Crippen LogP contribution in [0.5, 0.6) is 11.5 Å². The molecule has 0 radical (unpaired) electrons. The van der Waals surface area contributed by atoms with Crippen molar-refractivity contribution in [2.45, 2.75) is 26.5 Å². The first kappa shape index (κ1) is 24.4. The summed E-state index contributed by atoms with van der Waals surface area (Å²) in [5.74, 6) is -0.273. The molecule has 2 aromatic carbocycles. The molecule has 2 aliphatic heterocycles. The van der Waals surface area contributed by atoms with Crippen LogP contribution >= 0.6 is 11.8 Å². The quantitative estimate of drug-likeness (QED) is 0.366. The molecule has 1 aromatic heterocycles. The average molecular weight is 522 g/mol. The molecule has 3 aromatic rings. The van der Waals surface area contributed by atoms with Gasteiger partial charge in [-0.05, 0) is 49.9 Å². The second kappa shape index (κ2) is 10.0. The maximum Gasteiger partial charge on any atom is 0.326 e. The Morgan fingerprint density at radius 2 is 1.89 bits per heavy atom. The number of nitrogens with one attached hydrogen (secondary N) is 1. The zero-order valence-corrected chi connectivity index (χ0v) is 20.9. The number of esters is 1. The highest BCUT2D eigenvalue weighted by molar-refractivity contribution is 8.18. The average Bonchev–Trinajstić information content (AvgIpc) is 3.52. The van der Waals surface area contributed by atoms with E-state index in [9.17, 15) is 19.2 Å². The predicted molar refractivity (Wildman–Crippen MR) is 137 cm³/mol. The number of anilines is 1. The number of carbonyl (C=O) groups excluding carboxylic acids is 4. The largest absolute Gasteiger partial charge is 0.462 e. The first-order chi connectivity index (χ1) is 17.8. The molecular weight excluding hydrogens is 498 g/mol. The third-order valence-electron chi connectivity index (χ3n) is 5.60. The van der Waals surface area contributed by atoms with Crippen LogP contribution in [-0.2, 0) is 25.7 Å². The third-order valence-corrected chi connectivity index (χ3v) is 6.51. The number of carbonyl (C=O) groups is 4. The number of aromatic nitrogens is 1. The van der Waals surface area contributed by atoms with E-state index < -0.39 is 23.7 Å². The van der Waals surface area contributed by atoms with Gasteiger partial charge >= 0.3 is 5.97 Å². The SMILES string of the molecule is CC(C)OC(=O)CN1C(=O)S/C(=C\c2cn(CC(=O)Nc3ccc4c(c3)OCO4)c3ccccc23)C1=O. The van der Waals surface area contributed by atoms with E-state index in [4.69, 9.17) is 14.2 Å². The molecule has 1 fully saturated rings. The van der Waals surface area contributed by atoms with Crippen LogP contribution < -0.4 is 14.8 Å². The van der Waals surface area contributed by atoms with Gasteiger partial charge in [-0.1, -0.05) is 18.2 Å². The summed E-state index contributed by atoms with van der Waals surface area (Å²) in [4.78, 5) is 51.1. The summed E-state index contributed by atoms with van der Waals surface area (Å²) in [5.41, 5.74) is 2.03. The molecule has 0 bridgehead atoms. The molecule has 1 N–H and O–H groups in total. The van der Waals surface area contributed by atoms with Crippen molar-refractivity contribution in [3.8, 4) is 11.5 Å². The van der Waals surface area contributed by atoms with Crippen LogP contribution in [0.1, 0.15) is 19.4 Å². The van der Waals surface area contributed by atoms with Gasteiger partial charge in [0.05, 0.1) is 11.0 Å². The third kappa shape index (κ3) is 5.17. The molecule has 0 saturated carbocycles. The van der Waals surface area contributed by atoms with Gasteiger partial charge in [-0.3, -0.25) is 24.1 Å². The van der Waals surface area contributed by atoms with Crippen LogP contribution in [0.25, 0.3) is 17.0 Å². The topological polar surface area (TPSA) is 116 Å². The molecule has 0 aliphatic carbocycles. The van der Waals surface area contributed by atoms with Crippen LogP contribution in [0.4, 0.5) is 10.5 Å². The van der Waals surface area contributed by atoms with E-state index in [-0.39, 0.29) is 30.3 Å². The molecule has 1 saturated heterocycles. The van der Waals surface area contributed by atoms with Crippen LogP contribution in [0.15, 0.2) is 53.6 Å². The van der Waals surface area contributed by atoms with Crippen LogP contribution in [0.2, 0.25) is 0 Å². The summed E-state index contributed by atoms with van der Waals surface area (Å²) in [6.07, 6.45) is 3.01. The van der Waals surface area contributed by atoms with E-state index in [1.165, 1.54) is 0 Å². The number of rotatable bonds is 7. The van der Waals surface area contributed by atoms with Gasteiger partial charge < -0.3 is 24.1 Å². The Labute approximate surface area is 216 Å². The van der Waals surface area contributed by atoms with E-state index in [1.54, 1.807) is 48.9 Å². The minimum Gasteiger partial charge on any atom is -0.462 e. The van der Waals surface area contributed by atoms with Crippen molar-refractivity contribution in [1.29, 1.82) is 0 Å². The predicted octanol–water partition coefficient (Wildman–Crippen LogP) is 4.00. The van der Waals surface area contributed by atoms with Crippen molar-refractivity contribution in [3.63, 3.8) is 0 Å². The van der Waals surface area contributed by atoms with E-state index in [0.29, 0.717) is 22.7 Å². The number of thioether (sulfide) groups is 1. The maximum atomic E-state index is 12.9. The molecule has 11 heteroatoms. The fourth-order valence-electron chi connectivity index (χ4n) is 4.06. The minimum atomic E-state index is -0.649. The van der Waals surface area contributed by atoms with Crippen molar-refractivity contribution in [1.82, 2.24) is 9.47 Å². The molecule has 3 heterocycles. The number of para-hydroxylation sites is 1. The first-order valence-corrected chi connectivity index (χ1v) is 12.3. The van der Waals surface area contributed by atoms with Crippen LogP contribution in [0.3, 0.4) is 0 Å². The van der Waals surface area contributed by atoms with Crippen molar-refractivity contribution in [2.24, 2.45) is 0 Å². The van der Waals surface area contributed by atoms with Gasteiger partial charge in [0.1, 0.15) is 13.1 Å². The number of nitrogens with zero attached hydrogens (tertiary/aromatic N) is 2.